The molecule has 3 atom stereocenters. The maximum Gasteiger partial charge on any atom is 0.249 e. The van der Waals surface area contributed by atoms with Crippen molar-refractivity contribution in [3.05, 3.63) is 94.2 Å². The number of aliphatic hydroxyl groups excluding tert-OH is 1. The summed E-state index contributed by atoms with van der Waals surface area (Å²) in [5.41, 5.74) is 8.19. The van der Waals surface area contributed by atoms with Crippen molar-refractivity contribution in [2.45, 2.75) is 65.5 Å². The third-order valence-electron chi connectivity index (χ3n) is 8.32. The minimum Gasteiger partial charge on any atom is -0.391 e. The summed E-state index contributed by atoms with van der Waals surface area (Å²) in [6.45, 7) is 7.76. The monoisotopic (exact) mass is 610 g/mol. The molecule has 2 aromatic carbocycles. The molecule has 9 heteroatoms. The van der Waals surface area contributed by atoms with Crippen LogP contribution in [0.3, 0.4) is 0 Å². The molecule has 2 aromatic rings. The number of carbonyl (C=O) groups is 2. The van der Waals surface area contributed by atoms with E-state index in [0.29, 0.717) is 30.9 Å². The maximum atomic E-state index is 14.3. The summed E-state index contributed by atoms with van der Waals surface area (Å²) in [5, 5.41) is 15.1. The first kappa shape index (κ1) is 34.9. The quantitative estimate of drug-likeness (QED) is 0.255. The number of nitrogens with zero attached hydrogens (tertiary/aromatic N) is 2. The summed E-state index contributed by atoms with van der Waals surface area (Å²) >= 11 is 0. The lowest BCUT2D eigenvalue weighted by molar-refractivity contribution is -0.132. The number of hydrogen-bond donors (Lipinski definition) is 3. The molecule has 0 aliphatic heterocycles. The van der Waals surface area contributed by atoms with Gasteiger partial charge in [0.25, 0.3) is 0 Å². The third-order valence-corrected chi connectivity index (χ3v) is 8.32. The fourth-order valence-corrected chi connectivity index (χ4v) is 6.04. The lowest BCUT2D eigenvalue weighted by Crippen LogP contribution is -2.52. The Balaban J connectivity index is 2.05. The molecule has 0 heterocycles. The Labute approximate surface area is 260 Å². The van der Waals surface area contributed by atoms with E-state index in [9.17, 15) is 23.5 Å². The van der Waals surface area contributed by atoms with Crippen molar-refractivity contribution >= 4 is 11.8 Å². The molecular weight excluding hydrogens is 562 g/mol. The van der Waals surface area contributed by atoms with Crippen LogP contribution in [0.1, 0.15) is 56.7 Å². The summed E-state index contributed by atoms with van der Waals surface area (Å²) < 4.78 is 28.6. The van der Waals surface area contributed by atoms with Gasteiger partial charge in [-0.05, 0) is 73.1 Å². The van der Waals surface area contributed by atoms with E-state index in [-0.39, 0.29) is 30.9 Å². The Bertz CT molecular complexity index is 1330. The zero-order chi connectivity index (χ0) is 32.4. The predicted octanol–water partition coefficient (Wildman–Crippen LogP) is 4.73. The number of halogens is 2. The van der Waals surface area contributed by atoms with Crippen LogP contribution in [0, 0.1) is 23.0 Å². The van der Waals surface area contributed by atoms with Crippen LogP contribution in [0.4, 0.5) is 8.78 Å². The van der Waals surface area contributed by atoms with Crippen molar-refractivity contribution in [1.29, 1.82) is 0 Å². The molecule has 0 fully saturated rings. The molecule has 4 N–H and O–H groups in total. The Morgan fingerprint density at radius 1 is 1.00 bits per heavy atom. The molecular formula is C35H48F2N4O3. The molecule has 7 nitrogen and oxygen atoms in total. The summed E-state index contributed by atoms with van der Waals surface area (Å²) in [5.74, 6) is -3.33. The molecule has 0 saturated carbocycles. The maximum absolute atomic E-state index is 14.3. The Morgan fingerprint density at radius 3 is 2.20 bits per heavy atom. The minimum absolute atomic E-state index is 0.0412. The number of aryl methyl sites for hydroxylation is 1. The summed E-state index contributed by atoms with van der Waals surface area (Å²) in [6.07, 6.45) is 4.69. The van der Waals surface area contributed by atoms with Gasteiger partial charge in [0.1, 0.15) is 11.6 Å². The largest absolute Gasteiger partial charge is 0.391 e. The van der Waals surface area contributed by atoms with E-state index in [1.807, 2.05) is 26.0 Å². The Kier molecular flexibility index (Phi) is 12.7. The van der Waals surface area contributed by atoms with E-state index in [2.05, 4.69) is 24.4 Å². The predicted molar refractivity (Wildman–Crippen MR) is 170 cm³/mol. The lowest BCUT2D eigenvalue weighted by Gasteiger charge is -2.42. The molecule has 0 aromatic heterocycles. The zero-order valence-electron chi connectivity index (χ0n) is 26.7. The fourth-order valence-electron chi connectivity index (χ4n) is 6.04. The van der Waals surface area contributed by atoms with Crippen molar-refractivity contribution in [2.75, 3.05) is 33.7 Å². The summed E-state index contributed by atoms with van der Waals surface area (Å²) in [4.78, 5) is 31.0. The molecule has 2 amide bonds. The first-order valence-corrected chi connectivity index (χ1v) is 15.6. The van der Waals surface area contributed by atoms with Gasteiger partial charge in [-0.2, -0.15) is 0 Å². The van der Waals surface area contributed by atoms with Crippen LogP contribution >= 0.6 is 0 Å². The van der Waals surface area contributed by atoms with Gasteiger partial charge in [0, 0.05) is 63.5 Å². The van der Waals surface area contributed by atoms with E-state index in [1.54, 1.807) is 36.0 Å². The van der Waals surface area contributed by atoms with Crippen LogP contribution in [0.5, 0.6) is 0 Å². The zero-order valence-corrected chi connectivity index (χ0v) is 26.7. The number of hydrogen-bond acceptors (Lipinski definition) is 5. The topological polar surface area (TPSA) is 98.9 Å². The van der Waals surface area contributed by atoms with Crippen LogP contribution in [-0.2, 0) is 29.0 Å². The van der Waals surface area contributed by atoms with Crippen molar-refractivity contribution in [1.82, 2.24) is 15.1 Å². The standard InChI is InChI=1S/C35H48F2N4O3/c1-6-12-41(13-7-2)33(43)27-18-30(40(4)5)21-35(20-27,34(38)44)31(17-26-15-28(36)19-29(37)16-26)32(42)23-39-22-25-11-9-10-24(8-3)14-25/h9-11,14-16,18-19,21,31-32,39,42H,6-8,12-13,17,20,22-23H2,1-5H3,(H2,38,44)/t31-,32+,35?/m1/s1. The number of allylic oxidation sites excluding steroid dienone is 1. The highest BCUT2D eigenvalue weighted by Gasteiger charge is 2.49. The first-order chi connectivity index (χ1) is 20.9. The number of nitrogens with one attached hydrogen (secondary N) is 1. The van der Waals surface area contributed by atoms with Gasteiger partial charge in [0.2, 0.25) is 11.8 Å². The first-order valence-electron chi connectivity index (χ1n) is 15.6. The van der Waals surface area contributed by atoms with Crippen LogP contribution in [0.15, 0.2) is 65.9 Å². The smallest absolute Gasteiger partial charge is 0.249 e. The van der Waals surface area contributed by atoms with Gasteiger partial charge >= 0.3 is 0 Å². The van der Waals surface area contributed by atoms with E-state index < -0.39 is 35.0 Å². The van der Waals surface area contributed by atoms with E-state index in [4.69, 9.17) is 5.73 Å². The van der Waals surface area contributed by atoms with E-state index in [0.717, 1.165) is 30.9 Å². The number of amides is 2. The van der Waals surface area contributed by atoms with Crippen LogP contribution < -0.4 is 11.1 Å². The lowest BCUT2D eigenvalue weighted by atomic mass is 9.63. The second kappa shape index (κ2) is 16.0. The van der Waals surface area contributed by atoms with Crippen LogP contribution in [0.25, 0.3) is 0 Å². The highest BCUT2D eigenvalue weighted by atomic mass is 19.1. The Morgan fingerprint density at radius 2 is 1.64 bits per heavy atom. The average molecular weight is 611 g/mol. The minimum atomic E-state index is -1.52. The molecule has 1 unspecified atom stereocenters. The summed E-state index contributed by atoms with van der Waals surface area (Å²) in [6, 6.07) is 11.3. The molecule has 0 saturated heterocycles. The fraction of sp³-hybridized carbons (Fsp3) is 0.486. The van der Waals surface area contributed by atoms with Crippen molar-refractivity contribution in [3.63, 3.8) is 0 Å². The van der Waals surface area contributed by atoms with Crippen LogP contribution in [0.2, 0.25) is 0 Å². The Hall–Kier alpha value is -3.56. The molecule has 3 rings (SSSR count). The number of rotatable bonds is 16. The van der Waals surface area contributed by atoms with Gasteiger partial charge in [-0.25, -0.2) is 8.78 Å². The molecule has 0 radical (unpaired) electrons. The van der Waals surface area contributed by atoms with Gasteiger partial charge in [-0.3, -0.25) is 9.59 Å². The highest BCUT2D eigenvalue weighted by molar-refractivity contribution is 5.97. The summed E-state index contributed by atoms with van der Waals surface area (Å²) in [7, 11) is 3.60. The average Bonchev–Trinajstić information content (AvgIpc) is 2.98. The molecule has 44 heavy (non-hydrogen) atoms. The van der Waals surface area contributed by atoms with Crippen molar-refractivity contribution in [2.24, 2.45) is 17.1 Å². The number of nitrogens with two attached hydrogens (primary N) is 1. The molecule has 0 bridgehead atoms. The highest BCUT2D eigenvalue weighted by Crippen LogP contribution is 2.45. The third kappa shape index (κ3) is 8.76. The van der Waals surface area contributed by atoms with Gasteiger partial charge in [-0.15, -0.1) is 0 Å². The second-order valence-corrected chi connectivity index (χ2v) is 12.0. The SMILES string of the molecule is CCCN(CCC)C(=O)C1=CC(N(C)C)=CC(C(N)=O)([C@H](Cc2cc(F)cc(F)c2)[C@@H](O)CNCc2cccc(CC)c2)C1. The van der Waals surface area contributed by atoms with E-state index >= 15 is 0 Å². The number of benzene rings is 2. The molecule has 240 valence electrons. The molecule has 1 aliphatic rings. The second-order valence-electron chi connectivity index (χ2n) is 12.0. The number of carbonyl (C=O) groups excluding carboxylic acids is 2. The number of aliphatic hydroxyl groups is 1. The molecule has 1 aliphatic carbocycles. The normalized spacial score (nSPS) is 17.8. The van der Waals surface area contributed by atoms with Crippen LogP contribution in [-0.4, -0.2) is 66.6 Å². The number of likely N-dealkylation sites (N-methyl/N-ethyl adjacent to an activating group) is 1. The van der Waals surface area contributed by atoms with Crippen molar-refractivity contribution < 1.29 is 23.5 Å². The van der Waals surface area contributed by atoms with Gasteiger partial charge < -0.3 is 26.0 Å². The van der Waals surface area contributed by atoms with Gasteiger partial charge in [0.05, 0.1) is 11.5 Å². The van der Waals surface area contributed by atoms with Gasteiger partial charge in [0.15, 0.2) is 0 Å². The van der Waals surface area contributed by atoms with Crippen molar-refractivity contribution in [3.8, 4) is 0 Å². The molecule has 0 spiro atoms. The number of primary amides is 1. The van der Waals surface area contributed by atoms with E-state index in [1.165, 1.54) is 17.7 Å². The van der Waals surface area contributed by atoms with Gasteiger partial charge in [-0.1, -0.05) is 45.0 Å².